The second-order valence-electron chi connectivity index (χ2n) is 6.45. The first kappa shape index (κ1) is 18.8. The van der Waals surface area contributed by atoms with E-state index in [-0.39, 0.29) is 17.8 Å². The summed E-state index contributed by atoms with van der Waals surface area (Å²) in [6.45, 7) is 0. The predicted octanol–water partition coefficient (Wildman–Crippen LogP) is 6.23. The highest BCUT2D eigenvalue weighted by atomic mass is 79.9. The molecular weight excluding hydrogens is 443 g/mol. The van der Waals surface area contributed by atoms with Crippen LogP contribution in [-0.4, -0.2) is 16.6 Å². The second-order valence-corrected chi connectivity index (χ2v) is 7.78. The first-order valence-electron chi connectivity index (χ1n) is 8.70. The Bertz CT molecular complexity index is 1050. The van der Waals surface area contributed by atoms with Crippen molar-refractivity contribution in [2.24, 2.45) is 5.10 Å². The molecule has 3 aromatic carbocycles. The van der Waals surface area contributed by atoms with Crippen molar-refractivity contribution >= 4 is 39.1 Å². The predicted molar refractivity (Wildman–Crippen MR) is 112 cm³/mol. The van der Waals surface area contributed by atoms with Gasteiger partial charge in [-0.15, -0.1) is 0 Å². The van der Waals surface area contributed by atoms with Crippen molar-refractivity contribution in [2.75, 3.05) is 0 Å². The fourth-order valence-corrected chi connectivity index (χ4v) is 3.70. The van der Waals surface area contributed by atoms with Gasteiger partial charge in [-0.1, -0.05) is 63.9 Å². The van der Waals surface area contributed by atoms with Crippen LogP contribution in [0.5, 0.6) is 0 Å². The molecule has 0 saturated heterocycles. The molecule has 1 amide bonds. The van der Waals surface area contributed by atoms with Crippen LogP contribution in [0.15, 0.2) is 82.4 Å². The molecule has 1 heterocycles. The van der Waals surface area contributed by atoms with Gasteiger partial charge in [0.15, 0.2) is 0 Å². The standard InChI is InChI=1S/C22H15BrClFN2O/c23-16-9-5-14(6-10-16)20-13-21(15-7-11-17(25)12-8-15)27(26-20)22(28)18-3-1-2-4-19(18)24/h1-12,21H,13H2/t21-/m1/s1. The Labute approximate surface area is 175 Å². The monoisotopic (exact) mass is 456 g/mol. The number of halogens is 3. The van der Waals surface area contributed by atoms with Crippen molar-refractivity contribution in [3.05, 3.63) is 105 Å². The van der Waals surface area contributed by atoms with Crippen molar-refractivity contribution in [3.63, 3.8) is 0 Å². The number of rotatable bonds is 3. The minimum Gasteiger partial charge on any atom is -0.267 e. The highest BCUT2D eigenvalue weighted by Crippen LogP contribution is 2.35. The van der Waals surface area contributed by atoms with Gasteiger partial charge >= 0.3 is 0 Å². The highest BCUT2D eigenvalue weighted by molar-refractivity contribution is 9.10. The minimum atomic E-state index is -0.331. The molecule has 0 N–H and O–H groups in total. The number of hydrogen-bond acceptors (Lipinski definition) is 2. The van der Waals surface area contributed by atoms with Crippen LogP contribution in [0.4, 0.5) is 4.39 Å². The molecule has 4 rings (SSSR count). The van der Waals surface area contributed by atoms with Crippen LogP contribution in [0.2, 0.25) is 5.02 Å². The number of carbonyl (C=O) groups is 1. The molecule has 6 heteroatoms. The van der Waals surface area contributed by atoms with Crippen LogP contribution in [-0.2, 0) is 0 Å². The maximum Gasteiger partial charge on any atom is 0.276 e. The SMILES string of the molecule is O=C(c1ccccc1Cl)N1N=C(c2ccc(Br)cc2)C[C@@H]1c1ccc(F)cc1. The first-order valence-corrected chi connectivity index (χ1v) is 9.87. The van der Waals surface area contributed by atoms with E-state index in [0.717, 1.165) is 21.3 Å². The van der Waals surface area contributed by atoms with Gasteiger partial charge in [0.2, 0.25) is 0 Å². The van der Waals surface area contributed by atoms with Crippen molar-refractivity contribution in [2.45, 2.75) is 12.5 Å². The molecule has 3 nitrogen and oxygen atoms in total. The molecule has 140 valence electrons. The van der Waals surface area contributed by atoms with E-state index in [9.17, 15) is 9.18 Å². The van der Waals surface area contributed by atoms with Gasteiger partial charge in [-0.3, -0.25) is 4.79 Å². The third kappa shape index (κ3) is 3.73. The summed E-state index contributed by atoms with van der Waals surface area (Å²) in [6, 6.07) is 20.5. The van der Waals surface area contributed by atoms with Crippen LogP contribution in [0, 0.1) is 5.82 Å². The third-order valence-corrected chi connectivity index (χ3v) is 5.51. The molecule has 0 aliphatic carbocycles. The minimum absolute atomic E-state index is 0.285. The van der Waals surface area contributed by atoms with E-state index in [1.54, 1.807) is 36.4 Å². The van der Waals surface area contributed by atoms with Crippen molar-refractivity contribution in [3.8, 4) is 0 Å². The third-order valence-electron chi connectivity index (χ3n) is 4.65. The van der Waals surface area contributed by atoms with Gasteiger partial charge < -0.3 is 0 Å². The van der Waals surface area contributed by atoms with E-state index in [2.05, 4.69) is 21.0 Å². The molecule has 1 aliphatic rings. The van der Waals surface area contributed by atoms with Crippen molar-refractivity contribution in [1.82, 2.24) is 5.01 Å². The Balaban J connectivity index is 1.75. The van der Waals surface area contributed by atoms with Gasteiger partial charge in [0.25, 0.3) is 5.91 Å². The zero-order valence-corrected chi connectivity index (χ0v) is 17.0. The number of carbonyl (C=O) groups excluding carboxylic acids is 1. The molecule has 28 heavy (non-hydrogen) atoms. The summed E-state index contributed by atoms with van der Waals surface area (Å²) in [4.78, 5) is 13.2. The molecule has 0 saturated carbocycles. The number of hydrogen-bond donors (Lipinski definition) is 0. The van der Waals surface area contributed by atoms with E-state index >= 15 is 0 Å². The average Bonchev–Trinajstić information content (AvgIpc) is 3.14. The summed E-state index contributed by atoms with van der Waals surface area (Å²) in [6.07, 6.45) is 0.531. The molecule has 1 atom stereocenters. The van der Waals surface area contributed by atoms with E-state index in [0.29, 0.717) is 17.0 Å². The number of benzene rings is 3. The zero-order valence-electron chi connectivity index (χ0n) is 14.6. The molecule has 0 unspecified atom stereocenters. The van der Waals surface area contributed by atoms with Gasteiger partial charge in [-0.05, 0) is 47.5 Å². The molecule has 0 bridgehead atoms. The Morgan fingerprint density at radius 1 is 1.04 bits per heavy atom. The van der Waals surface area contributed by atoms with Gasteiger partial charge in [0.1, 0.15) is 5.82 Å². The Morgan fingerprint density at radius 2 is 1.71 bits per heavy atom. The van der Waals surface area contributed by atoms with Crippen LogP contribution < -0.4 is 0 Å². The summed E-state index contributed by atoms with van der Waals surface area (Å²) in [5.74, 6) is -0.605. The van der Waals surface area contributed by atoms with Gasteiger partial charge in [0.05, 0.1) is 22.3 Å². The largest absolute Gasteiger partial charge is 0.276 e. The molecule has 0 spiro atoms. The number of nitrogens with zero attached hydrogens (tertiary/aromatic N) is 2. The van der Waals surface area contributed by atoms with Gasteiger partial charge in [-0.2, -0.15) is 5.10 Å². The summed E-state index contributed by atoms with van der Waals surface area (Å²) in [5.41, 5.74) is 2.93. The van der Waals surface area contributed by atoms with E-state index in [1.807, 2.05) is 24.3 Å². The molecule has 0 fully saturated rings. The Hall–Kier alpha value is -2.50. The summed E-state index contributed by atoms with van der Waals surface area (Å²) >= 11 is 9.66. The lowest BCUT2D eigenvalue weighted by Gasteiger charge is -2.22. The number of amides is 1. The van der Waals surface area contributed by atoms with Crippen LogP contribution >= 0.6 is 27.5 Å². The first-order chi connectivity index (χ1) is 13.5. The second kappa shape index (κ2) is 7.86. The quantitative estimate of drug-likeness (QED) is 0.459. The molecule has 0 aromatic heterocycles. The average molecular weight is 458 g/mol. The zero-order chi connectivity index (χ0) is 19.7. The molecular formula is C22H15BrClFN2O. The van der Waals surface area contributed by atoms with Gasteiger partial charge in [-0.25, -0.2) is 9.40 Å². The summed E-state index contributed by atoms with van der Waals surface area (Å²) in [5, 5.41) is 6.44. The van der Waals surface area contributed by atoms with Gasteiger partial charge in [0, 0.05) is 10.9 Å². The lowest BCUT2D eigenvalue weighted by Crippen LogP contribution is -2.27. The van der Waals surface area contributed by atoms with Crippen molar-refractivity contribution < 1.29 is 9.18 Å². The van der Waals surface area contributed by atoms with Crippen LogP contribution in [0.3, 0.4) is 0 Å². The van der Waals surface area contributed by atoms with Crippen LogP contribution in [0.25, 0.3) is 0 Å². The highest BCUT2D eigenvalue weighted by Gasteiger charge is 2.34. The normalized spacial score (nSPS) is 16.2. The summed E-state index contributed by atoms with van der Waals surface area (Å²) in [7, 11) is 0. The molecule has 1 aliphatic heterocycles. The maximum absolute atomic E-state index is 13.4. The molecule has 0 radical (unpaired) electrons. The fourth-order valence-electron chi connectivity index (χ4n) is 3.22. The Morgan fingerprint density at radius 3 is 2.39 bits per heavy atom. The lowest BCUT2D eigenvalue weighted by molar-refractivity contribution is 0.0711. The number of hydrazone groups is 1. The maximum atomic E-state index is 13.4. The smallest absolute Gasteiger partial charge is 0.267 e. The van der Waals surface area contributed by atoms with Crippen molar-refractivity contribution in [1.29, 1.82) is 0 Å². The Kier molecular flexibility index (Phi) is 5.29. The summed E-state index contributed by atoms with van der Waals surface area (Å²) < 4.78 is 14.4. The van der Waals surface area contributed by atoms with E-state index < -0.39 is 0 Å². The van der Waals surface area contributed by atoms with Crippen LogP contribution in [0.1, 0.15) is 33.9 Å². The lowest BCUT2D eigenvalue weighted by atomic mass is 9.98. The van der Waals surface area contributed by atoms with E-state index in [1.165, 1.54) is 17.1 Å². The topological polar surface area (TPSA) is 32.7 Å². The fraction of sp³-hybridized carbons (Fsp3) is 0.0909. The molecule has 3 aromatic rings. The van der Waals surface area contributed by atoms with E-state index in [4.69, 9.17) is 11.6 Å².